The number of aromatic nitrogens is 2. The normalized spacial score (nSPS) is 22.1. The van der Waals surface area contributed by atoms with Crippen LogP contribution in [-0.4, -0.2) is 28.5 Å². The Morgan fingerprint density at radius 3 is 2.67 bits per heavy atom. The summed E-state index contributed by atoms with van der Waals surface area (Å²) >= 11 is 0. The van der Waals surface area contributed by atoms with Crippen LogP contribution in [0.1, 0.15) is 46.7 Å². The van der Waals surface area contributed by atoms with E-state index >= 15 is 0 Å². The summed E-state index contributed by atoms with van der Waals surface area (Å²) in [7, 11) is 0. The molecule has 2 aromatic carbocycles. The molecule has 1 fully saturated rings. The van der Waals surface area contributed by atoms with Crippen LogP contribution in [0.2, 0.25) is 0 Å². The zero-order valence-electron chi connectivity index (χ0n) is 14.5. The molecule has 0 bridgehead atoms. The summed E-state index contributed by atoms with van der Waals surface area (Å²) in [5, 5.41) is 6.31. The predicted octanol–water partition coefficient (Wildman–Crippen LogP) is 3.07. The van der Waals surface area contributed by atoms with Crippen LogP contribution in [0.3, 0.4) is 0 Å². The van der Waals surface area contributed by atoms with Crippen LogP contribution in [0.15, 0.2) is 36.4 Å². The molecule has 0 unspecified atom stereocenters. The Kier molecular flexibility index (Phi) is 3.72. The number of benzene rings is 2. The third-order valence-electron chi connectivity index (χ3n) is 5.42. The van der Waals surface area contributed by atoms with E-state index in [1.807, 2.05) is 4.57 Å². The van der Waals surface area contributed by atoms with Crippen molar-refractivity contribution in [3.63, 3.8) is 0 Å². The standard InChI is InChI=1S/C20H18F2N4O/c21-12-5-3-11(4-6-12)17-10-24-20(27)14-8-13(22)9-16-18(14)26(17)19(25-16)15-2-1-7-23-15/h3-6,8-9,15,17,23H,1-2,7,10H2,(H,24,27)/t15-,17+/m1/s1. The van der Waals surface area contributed by atoms with Crippen LogP contribution in [0.4, 0.5) is 8.78 Å². The van der Waals surface area contributed by atoms with Crippen molar-refractivity contribution in [2.24, 2.45) is 0 Å². The van der Waals surface area contributed by atoms with Gasteiger partial charge in [0.15, 0.2) is 0 Å². The fourth-order valence-electron chi connectivity index (χ4n) is 4.18. The third kappa shape index (κ3) is 2.61. The van der Waals surface area contributed by atoms with Gasteiger partial charge in [0.25, 0.3) is 5.91 Å². The van der Waals surface area contributed by atoms with Crippen LogP contribution < -0.4 is 10.6 Å². The van der Waals surface area contributed by atoms with E-state index in [0.717, 1.165) is 30.8 Å². The van der Waals surface area contributed by atoms with Gasteiger partial charge >= 0.3 is 0 Å². The van der Waals surface area contributed by atoms with Crippen LogP contribution in [0.25, 0.3) is 11.0 Å². The number of hydrogen-bond acceptors (Lipinski definition) is 3. The van der Waals surface area contributed by atoms with Gasteiger partial charge in [-0.15, -0.1) is 0 Å². The molecule has 2 aliphatic rings. The number of carbonyl (C=O) groups excluding carboxylic acids is 1. The molecule has 5 rings (SSSR count). The number of rotatable bonds is 2. The Morgan fingerprint density at radius 1 is 1.11 bits per heavy atom. The second-order valence-electron chi connectivity index (χ2n) is 7.09. The van der Waals surface area contributed by atoms with Gasteiger partial charge in [0.1, 0.15) is 17.5 Å². The highest BCUT2D eigenvalue weighted by molar-refractivity contribution is 6.05. The van der Waals surface area contributed by atoms with Gasteiger partial charge in [0.05, 0.1) is 28.7 Å². The van der Waals surface area contributed by atoms with Crippen molar-refractivity contribution in [3.8, 4) is 0 Å². The topological polar surface area (TPSA) is 59.0 Å². The Morgan fingerprint density at radius 2 is 1.93 bits per heavy atom. The number of halogens is 2. The maximum atomic E-state index is 14.1. The molecule has 3 aromatic rings. The third-order valence-corrected chi connectivity index (χ3v) is 5.42. The van der Waals surface area contributed by atoms with E-state index in [0.29, 0.717) is 17.6 Å². The van der Waals surface area contributed by atoms with E-state index in [1.165, 1.54) is 24.3 Å². The quantitative estimate of drug-likeness (QED) is 0.731. The molecule has 0 spiro atoms. The molecule has 1 amide bonds. The van der Waals surface area contributed by atoms with Crippen LogP contribution in [-0.2, 0) is 0 Å². The second-order valence-corrected chi connectivity index (χ2v) is 7.09. The molecule has 0 saturated carbocycles. The first-order valence-electron chi connectivity index (χ1n) is 9.10. The van der Waals surface area contributed by atoms with E-state index in [1.54, 1.807) is 12.1 Å². The van der Waals surface area contributed by atoms with Gasteiger partial charge in [-0.1, -0.05) is 12.1 Å². The molecule has 0 aliphatic carbocycles. The van der Waals surface area contributed by atoms with Gasteiger partial charge in [-0.25, -0.2) is 13.8 Å². The molecule has 1 aromatic heterocycles. The predicted molar refractivity (Wildman–Crippen MR) is 96.5 cm³/mol. The van der Waals surface area contributed by atoms with Crippen LogP contribution in [0, 0.1) is 11.6 Å². The molecule has 138 valence electrons. The number of hydrogen-bond donors (Lipinski definition) is 2. The summed E-state index contributed by atoms with van der Waals surface area (Å²) in [6.07, 6.45) is 1.96. The van der Waals surface area contributed by atoms with Gasteiger partial charge < -0.3 is 15.2 Å². The lowest BCUT2D eigenvalue weighted by molar-refractivity contribution is 0.0954. The Labute approximate surface area is 154 Å². The van der Waals surface area contributed by atoms with E-state index in [-0.39, 0.29) is 29.4 Å². The second kappa shape index (κ2) is 6.13. The summed E-state index contributed by atoms with van der Waals surface area (Å²) in [5.74, 6) is -0.327. The first kappa shape index (κ1) is 16.4. The first-order chi connectivity index (χ1) is 13.1. The zero-order chi connectivity index (χ0) is 18.5. The average molecular weight is 368 g/mol. The van der Waals surface area contributed by atoms with Crippen molar-refractivity contribution in [2.75, 3.05) is 13.1 Å². The molecular formula is C20H18F2N4O. The van der Waals surface area contributed by atoms with Crippen LogP contribution >= 0.6 is 0 Å². The summed E-state index contributed by atoms with van der Waals surface area (Å²) in [6, 6.07) is 8.69. The van der Waals surface area contributed by atoms with Gasteiger partial charge in [0, 0.05) is 12.6 Å². The average Bonchev–Trinajstić information content (AvgIpc) is 3.27. The Bertz CT molecular complexity index is 1040. The van der Waals surface area contributed by atoms with Gasteiger partial charge in [-0.3, -0.25) is 4.79 Å². The molecule has 7 heteroatoms. The maximum Gasteiger partial charge on any atom is 0.253 e. The minimum atomic E-state index is -0.483. The van der Waals surface area contributed by atoms with E-state index < -0.39 is 5.82 Å². The van der Waals surface area contributed by atoms with E-state index in [9.17, 15) is 13.6 Å². The lowest BCUT2D eigenvalue weighted by Gasteiger charge is -2.23. The molecule has 3 heterocycles. The Hall–Kier alpha value is -2.80. The van der Waals surface area contributed by atoms with Crippen molar-refractivity contribution in [1.82, 2.24) is 20.2 Å². The minimum absolute atomic E-state index is 0.0458. The van der Waals surface area contributed by atoms with Gasteiger partial charge in [0.2, 0.25) is 0 Å². The monoisotopic (exact) mass is 368 g/mol. The number of nitrogens with zero attached hydrogens (tertiary/aromatic N) is 2. The van der Waals surface area contributed by atoms with Crippen molar-refractivity contribution in [1.29, 1.82) is 0 Å². The molecule has 5 nitrogen and oxygen atoms in total. The first-order valence-corrected chi connectivity index (χ1v) is 9.10. The zero-order valence-corrected chi connectivity index (χ0v) is 14.5. The largest absolute Gasteiger partial charge is 0.350 e. The van der Waals surface area contributed by atoms with E-state index in [4.69, 9.17) is 4.98 Å². The highest BCUT2D eigenvalue weighted by atomic mass is 19.1. The smallest absolute Gasteiger partial charge is 0.253 e. The molecule has 2 atom stereocenters. The number of amides is 1. The fraction of sp³-hybridized carbons (Fsp3) is 0.300. The fourth-order valence-corrected chi connectivity index (χ4v) is 4.18. The molecule has 0 radical (unpaired) electrons. The number of nitrogens with one attached hydrogen (secondary N) is 2. The van der Waals surface area contributed by atoms with Crippen molar-refractivity contribution < 1.29 is 13.6 Å². The lowest BCUT2D eigenvalue weighted by atomic mass is 10.1. The molecule has 27 heavy (non-hydrogen) atoms. The Balaban J connectivity index is 1.79. The molecular weight excluding hydrogens is 350 g/mol. The van der Waals surface area contributed by atoms with Gasteiger partial charge in [-0.05, 0) is 43.1 Å². The highest BCUT2D eigenvalue weighted by Crippen LogP contribution is 2.35. The van der Waals surface area contributed by atoms with Crippen molar-refractivity contribution >= 4 is 16.9 Å². The van der Waals surface area contributed by atoms with Crippen LogP contribution in [0.5, 0.6) is 0 Å². The molecule has 1 saturated heterocycles. The maximum absolute atomic E-state index is 14.1. The summed E-state index contributed by atoms with van der Waals surface area (Å²) in [4.78, 5) is 17.3. The van der Waals surface area contributed by atoms with Crippen molar-refractivity contribution in [2.45, 2.75) is 24.9 Å². The SMILES string of the molecule is O=C1NC[C@@H](c2ccc(F)cc2)n2c([C@H]3CCCN3)nc3cc(F)cc1c32. The summed E-state index contributed by atoms with van der Waals surface area (Å²) in [5.41, 5.74) is 2.25. The van der Waals surface area contributed by atoms with Gasteiger partial charge in [-0.2, -0.15) is 0 Å². The van der Waals surface area contributed by atoms with Crippen molar-refractivity contribution in [3.05, 3.63) is 65.0 Å². The summed E-state index contributed by atoms with van der Waals surface area (Å²) in [6.45, 7) is 1.22. The summed E-state index contributed by atoms with van der Waals surface area (Å²) < 4.78 is 29.6. The van der Waals surface area contributed by atoms with E-state index in [2.05, 4.69) is 10.6 Å². The lowest BCUT2D eigenvalue weighted by Crippen LogP contribution is -2.29. The highest BCUT2D eigenvalue weighted by Gasteiger charge is 2.32. The molecule has 2 N–H and O–H groups in total. The minimum Gasteiger partial charge on any atom is -0.350 e. The number of imidazole rings is 1. The molecule has 2 aliphatic heterocycles. The number of carbonyl (C=O) groups is 1.